The number of halogens is 2. The van der Waals surface area contributed by atoms with Crippen LogP contribution in [0.5, 0.6) is 0 Å². The highest BCUT2D eigenvalue weighted by Gasteiger charge is 2.29. The van der Waals surface area contributed by atoms with Gasteiger partial charge in [0.1, 0.15) is 13.2 Å². The number of carbonyl (C=O) groups is 2. The highest BCUT2D eigenvalue weighted by molar-refractivity contribution is 9.10. The van der Waals surface area contributed by atoms with Gasteiger partial charge in [-0.05, 0) is 28.1 Å². The van der Waals surface area contributed by atoms with Crippen molar-refractivity contribution in [3.63, 3.8) is 0 Å². The Morgan fingerprint density at radius 3 is 2.50 bits per heavy atom. The van der Waals surface area contributed by atoms with Crippen LogP contribution in [-0.4, -0.2) is 25.0 Å². The van der Waals surface area contributed by atoms with E-state index >= 15 is 0 Å². The van der Waals surface area contributed by atoms with Crippen molar-refractivity contribution < 1.29 is 14.3 Å². The van der Waals surface area contributed by atoms with Crippen LogP contribution in [0.2, 0.25) is 5.02 Å². The summed E-state index contributed by atoms with van der Waals surface area (Å²) in [5, 5.41) is 0.449. The lowest BCUT2D eigenvalue weighted by Gasteiger charge is -2.25. The minimum absolute atomic E-state index is 0.0926. The van der Waals surface area contributed by atoms with Crippen LogP contribution >= 0.6 is 27.5 Å². The van der Waals surface area contributed by atoms with E-state index in [-0.39, 0.29) is 25.0 Å². The number of morpholine rings is 1. The van der Waals surface area contributed by atoms with Gasteiger partial charge in [0, 0.05) is 0 Å². The smallest absolute Gasteiger partial charge is 0.259 e. The number of imide groups is 1. The molecule has 0 unspecified atom stereocenters. The van der Waals surface area contributed by atoms with Gasteiger partial charge in [-0.3, -0.25) is 9.59 Å². The summed E-state index contributed by atoms with van der Waals surface area (Å²) in [6.45, 7) is -0.185. The number of hydrogen-bond acceptors (Lipinski definition) is 3. The molecule has 1 aromatic rings. The van der Waals surface area contributed by atoms with Crippen molar-refractivity contribution in [3.8, 4) is 0 Å². The fourth-order valence-electron chi connectivity index (χ4n) is 1.43. The Balaban J connectivity index is 2.46. The van der Waals surface area contributed by atoms with Crippen molar-refractivity contribution in [3.05, 3.63) is 27.7 Å². The standard InChI is InChI=1S/C10H7BrClNO3/c11-10-6(12)2-1-3-7(10)13-8(14)4-16-5-9(13)15/h1-3H,4-5H2. The van der Waals surface area contributed by atoms with E-state index in [2.05, 4.69) is 15.9 Å². The van der Waals surface area contributed by atoms with Crippen LogP contribution in [0.4, 0.5) is 5.69 Å². The Hall–Kier alpha value is -0.910. The van der Waals surface area contributed by atoms with Gasteiger partial charge in [0.25, 0.3) is 11.8 Å². The molecule has 0 radical (unpaired) electrons. The molecule has 0 atom stereocenters. The molecule has 0 N–H and O–H groups in total. The van der Waals surface area contributed by atoms with E-state index in [0.29, 0.717) is 15.2 Å². The molecule has 2 rings (SSSR count). The maximum Gasteiger partial charge on any atom is 0.259 e. The minimum atomic E-state index is -0.390. The van der Waals surface area contributed by atoms with Gasteiger partial charge in [0.05, 0.1) is 15.2 Å². The van der Waals surface area contributed by atoms with E-state index in [1.54, 1.807) is 18.2 Å². The summed E-state index contributed by atoms with van der Waals surface area (Å²) in [7, 11) is 0. The maximum atomic E-state index is 11.6. The van der Waals surface area contributed by atoms with Crippen molar-refractivity contribution in [2.75, 3.05) is 18.1 Å². The lowest BCUT2D eigenvalue weighted by Crippen LogP contribution is -2.46. The highest BCUT2D eigenvalue weighted by Crippen LogP contribution is 2.33. The number of carbonyl (C=O) groups excluding carboxylic acids is 2. The van der Waals surface area contributed by atoms with Crippen LogP contribution in [0.3, 0.4) is 0 Å². The van der Waals surface area contributed by atoms with Crippen molar-refractivity contribution in [2.24, 2.45) is 0 Å². The third-order valence-electron chi connectivity index (χ3n) is 2.12. The molecule has 0 saturated carbocycles. The molecule has 2 amide bonds. The number of nitrogens with zero attached hydrogens (tertiary/aromatic N) is 1. The van der Waals surface area contributed by atoms with Crippen LogP contribution in [0.25, 0.3) is 0 Å². The van der Waals surface area contributed by atoms with Crippen molar-refractivity contribution >= 4 is 45.0 Å². The molecule has 84 valence electrons. The Bertz CT molecular complexity index is 447. The summed E-state index contributed by atoms with van der Waals surface area (Å²) in [5.74, 6) is -0.779. The zero-order chi connectivity index (χ0) is 11.7. The van der Waals surface area contributed by atoms with Crippen molar-refractivity contribution in [1.29, 1.82) is 0 Å². The Kier molecular flexibility index (Phi) is 3.28. The molecular formula is C10H7BrClNO3. The highest BCUT2D eigenvalue weighted by atomic mass is 79.9. The van der Waals surface area contributed by atoms with E-state index in [0.717, 1.165) is 4.90 Å². The predicted molar refractivity (Wildman–Crippen MR) is 62.5 cm³/mol. The van der Waals surface area contributed by atoms with Crippen LogP contribution in [-0.2, 0) is 14.3 Å². The predicted octanol–water partition coefficient (Wildman–Crippen LogP) is 1.99. The van der Waals surface area contributed by atoms with E-state index in [9.17, 15) is 9.59 Å². The first-order valence-electron chi connectivity index (χ1n) is 4.49. The van der Waals surface area contributed by atoms with Gasteiger partial charge in [0.2, 0.25) is 0 Å². The first-order chi connectivity index (χ1) is 7.61. The van der Waals surface area contributed by atoms with Gasteiger partial charge < -0.3 is 4.74 Å². The molecule has 0 bridgehead atoms. The average molecular weight is 305 g/mol. The Labute approximate surface area is 105 Å². The number of benzene rings is 1. The molecule has 6 heteroatoms. The van der Waals surface area contributed by atoms with Crippen LogP contribution in [0, 0.1) is 0 Å². The van der Waals surface area contributed by atoms with Crippen LogP contribution in [0.15, 0.2) is 22.7 Å². The largest absolute Gasteiger partial charge is 0.362 e. The molecule has 4 nitrogen and oxygen atoms in total. The molecule has 0 aromatic heterocycles. The van der Waals surface area contributed by atoms with Crippen LogP contribution < -0.4 is 4.90 Å². The first kappa shape index (κ1) is 11.6. The topological polar surface area (TPSA) is 46.6 Å². The third-order valence-corrected chi connectivity index (χ3v) is 3.50. The van der Waals surface area contributed by atoms with Gasteiger partial charge in [-0.2, -0.15) is 0 Å². The fourth-order valence-corrected chi connectivity index (χ4v) is 2.04. The first-order valence-corrected chi connectivity index (χ1v) is 5.66. The molecule has 1 heterocycles. The van der Waals surface area contributed by atoms with Gasteiger partial charge in [-0.15, -0.1) is 0 Å². The summed E-state index contributed by atoms with van der Waals surface area (Å²) in [6, 6.07) is 5.00. The number of ether oxygens (including phenoxy) is 1. The van der Waals surface area contributed by atoms with E-state index in [1.807, 2.05) is 0 Å². The number of amides is 2. The molecule has 0 aliphatic carbocycles. The minimum Gasteiger partial charge on any atom is -0.362 e. The van der Waals surface area contributed by atoms with Crippen LogP contribution in [0.1, 0.15) is 0 Å². The normalized spacial score (nSPS) is 16.8. The van der Waals surface area contributed by atoms with Gasteiger partial charge in [0.15, 0.2) is 0 Å². The summed E-state index contributed by atoms with van der Waals surface area (Å²) in [6.07, 6.45) is 0. The quantitative estimate of drug-likeness (QED) is 0.746. The second-order valence-corrected chi connectivity index (χ2v) is 4.39. The maximum absolute atomic E-state index is 11.6. The third kappa shape index (κ3) is 1.98. The van der Waals surface area contributed by atoms with E-state index in [1.165, 1.54) is 0 Å². The molecule has 0 spiro atoms. The second-order valence-electron chi connectivity index (χ2n) is 3.19. The molecule has 1 saturated heterocycles. The molecule has 1 aliphatic rings. The molecular weight excluding hydrogens is 297 g/mol. The molecule has 1 aromatic carbocycles. The van der Waals surface area contributed by atoms with E-state index < -0.39 is 0 Å². The number of rotatable bonds is 1. The second kappa shape index (κ2) is 4.53. The molecule has 16 heavy (non-hydrogen) atoms. The summed E-state index contributed by atoms with van der Waals surface area (Å²) in [4.78, 5) is 24.3. The number of hydrogen-bond donors (Lipinski definition) is 0. The SMILES string of the molecule is O=C1COCC(=O)N1c1cccc(Cl)c1Br. The monoisotopic (exact) mass is 303 g/mol. The summed E-state index contributed by atoms with van der Waals surface area (Å²) in [5.41, 5.74) is 0.450. The van der Waals surface area contributed by atoms with Crippen molar-refractivity contribution in [1.82, 2.24) is 0 Å². The van der Waals surface area contributed by atoms with E-state index in [4.69, 9.17) is 16.3 Å². The average Bonchev–Trinajstić information content (AvgIpc) is 2.24. The lowest BCUT2D eigenvalue weighted by molar-refractivity contribution is -0.138. The van der Waals surface area contributed by atoms with Gasteiger partial charge in [-0.1, -0.05) is 17.7 Å². The van der Waals surface area contributed by atoms with Gasteiger partial charge >= 0.3 is 0 Å². The zero-order valence-electron chi connectivity index (χ0n) is 8.07. The van der Waals surface area contributed by atoms with Gasteiger partial charge in [-0.25, -0.2) is 4.90 Å². The zero-order valence-corrected chi connectivity index (χ0v) is 10.4. The lowest BCUT2D eigenvalue weighted by atomic mass is 10.2. The summed E-state index contributed by atoms with van der Waals surface area (Å²) < 4.78 is 5.35. The Morgan fingerprint density at radius 2 is 1.88 bits per heavy atom. The Morgan fingerprint density at radius 1 is 1.25 bits per heavy atom. The summed E-state index contributed by atoms with van der Waals surface area (Å²) >= 11 is 9.15. The molecule has 1 fully saturated rings. The fraction of sp³-hybridized carbons (Fsp3) is 0.200. The van der Waals surface area contributed by atoms with Crippen molar-refractivity contribution in [2.45, 2.75) is 0 Å². The molecule has 1 aliphatic heterocycles. The number of anilines is 1.